The number of amides is 1. The highest BCUT2D eigenvalue weighted by molar-refractivity contribution is 6.07. The highest BCUT2D eigenvalue weighted by atomic mass is 19.1. The molecule has 3 heterocycles. The molecule has 0 saturated heterocycles. The van der Waals surface area contributed by atoms with E-state index in [4.69, 9.17) is 0 Å². The van der Waals surface area contributed by atoms with E-state index in [1.165, 1.54) is 12.1 Å². The van der Waals surface area contributed by atoms with Gasteiger partial charge in [0.25, 0.3) is 5.91 Å². The maximum atomic E-state index is 13.4. The van der Waals surface area contributed by atoms with Gasteiger partial charge < -0.3 is 5.32 Å². The maximum absolute atomic E-state index is 13.4. The van der Waals surface area contributed by atoms with Gasteiger partial charge in [-0.15, -0.1) is 0 Å². The molecular weight excluding hydrogens is 395 g/mol. The number of carbonyl (C=O) groups is 1. The Morgan fingerprint density at radius 3 is 2.55 bits per heavy atom. The Morgan fingerprint density at radius 2 is 1.90 bits per heavy atom. The first kappa shape index (κ1) is 20.7. The molecule has 0 aliphatic carbocycles. The first-order chi connectivity index (χ1) is 14.8. The predicted molar refractivity (Wildman–Crippen MR) is 117 cm³/mol. The molecule has 31 heavy (non-hydrogen) atoms. The minimum Gasteiger partial charge on any atom is -0.345 e. The molecule has 3 aromatic heterocycles. The second-order valence-corrected chi connectivity index (χ2v) is 7.68. The van der Waals surface area contributed by atoms with E-state index in [0.717, 1.165) is 17.8 Å². The Kier molecular flexibility index (Phi) is 5.31. The van der Waals surface area contributed by atoms with Gasteiger partial charge in [-0.3, -0.25) is 9.48 Å². The van der Waals surface area contributed by atoms with Crippen LogP contribution in [0.25, 0.3) is 16.7 Å². The molecule has 1 aromatic carbocycles. The Morgan fingerprint density at radius 1 is 1.19 bits per heavy atom. The first-order valence-electron chi connectivity index (χ1n) is 10.3. The molecule has 8 heteroatoms. The molecule has 0 bridgehead atoms. The van der Waals surface area contributed by atoms with Crippen LogP contribution in [0.4, 0.5) is 4.39 Å². The topological polar surface area (TPSA) is 77.6 Å². The van der Waals surface area contributed by atoms with E-state index >= 15 is 0 Å². The van der Waals surface area contributed by atoms with Crippen molar-refractivity contribution < 1.29 is 9.18 Å². The number of hydrogen-bond acceptors (Lipinski definition) is 4. The van der Waals surface area contributed by atoms with Crippen molar-refractivity contribution in [3.63, 3.8) is 0 Å². The number of benzene rings is 1. The summed E-state index contributed by atoms with van der Waals surface area (Å²) >= 11 is 0. The molecule has 0 aliphatic rings. The van der Waals surface area contributed by atoms with Gasteiger partial charge in [0, 0.05) is 23.5 Å². The van der Waals surface area contributed by atoms with Crippen LogP contribution in [0.1, 0.15) is 52.9 Å². The number of pyridine rings is 1. The average Bonchev–Trinajstić information content (AvgIpc) is 3.27. The zero-order valence-corrected chi connectivity index (χ0v) is 18.3. The average molecular weight is 420 g/mol. The van der Waals surface area contributed by atoms with E-state index in [1.54, 1.807) is 29.1 Å². The minimum atomic E-state index is -0.322. The molecule has 4 aromatic rings. The van der Waals surface area contributed by atoms with Crippen molar-refractivity contribution in [3.05, 3.63) is 70.6 Å². The van der Waals surface area contributed by atoms with E-state index < -0.39 is 0 Å². The number of aryl methyl sites for hydroxylation is 3. The highest BCUT2D eigenvalue weighted by Crippen LogP contribution is 2.26. The van der Waals surface area contributed by atoms with Crippen molar-refractivity contribution in [1.82, 2.24) is 29.9 Å². The fourth-order valence-corrected chi connectivity index (χ4v) is 3.91. The van der Waals surface area contributed by atoms with Crippen LogP contribution < -0.4 is 5.32 Å². The highest BCUT2D eigenvalue weighted by Gasteiger charge is 2.22. The molecule has 4 rings (SSSR count). The third kappa shape index (κ3) is 3.69. The lowest BCUT2D eigenvalue weighted by Gasteiger charge is -2.15. The largest absolute Gasteiger partial charge is 0.345 e. The molecule has 7 nitrogen and oxygen atoms in total. The van der Waals surface area contributed by atoms with Crippen LogP contribution >= 0.6 is 0 Å². The van der Waals surface area contributed by atoms with E-state index in [-0.39, 0.29) is 17.8 Å². The van der Waals surface area contributed by atoms with Gasteiger partial charge in [0.15, 0.2) is 5.65 Å². The SMILES string of the molecule is CCn1ncc([C@@H](C)NC(=O)c2cc(C)nc3c2c(C)nn3-c2ccc(F)cc2)c1C. The molecule has 1 amide bonds. The van der Waals surface area contributed by atoms with Gasteiger partial charge in [-0.25, -0.2) is 14.1 Å². The van der Waals surface area contributed by atoms with E-state index in [2.05, 4.69) is 20.5 Å². The van der Waals surface area contributed by atoms with Gasteiger partial charge in [-0.1, -0.05) is 0 Å². The number of rotatable bonds is 5. The second-order valence-electron chi connectivity index (χ2n) is 7.68. The van der Waals surface area contributed by atoms with Crippen LogP contribution in [0.2, 0.25) is 0 Å². The Bertz CT molecular complexity index is 1270. The van der Waals surface area contributed by atoms with Gasteiger partial charge >= 0.3 is 0 Å². The van der Waals surface area contributed by atoms with Crippen LogP contribution in [-0.2, 0) is 6.54 Å². The van der Waals surface area contributed by atoms with Gasteiger partial charge in [0.05, 0.1) is 34.6 Å². The van der Waals surface area contributed by atoms with Gasteiger partial charge in [0.2, 0.25) is 0 Å². The molecule has 0 aliphatic heterocycles. The number of aromatic nitrogens is 5. The number of halogens is 1. The van der Waals surface area contributed by atoms with Crippen molar-refractivity contribution in [3.8, 4) is 5.69 Å². The van der Waals surface area contributed by atoms with Gasteiger partial charge in [-0.05, 0) is 65.0 Å². The fraction of sp³-hybridized carbons (Fsp3) is 0.304. The smallest absolute Gasteiger partial charge is 0.252 e. The number of nitrogens with one attached hydrogen (secondary N) is 1. The zero-order valence-electron chi connectivity index (χ0n) is 18.3. The van der Waals surface area contributed by atoms with Crippen LogP contribution in [0.15, 0.2) is 36.5 Å². The summed E-state index contributed by atoms with van der Waals surface area (Å²) in [7, 11) is 0. The number of nitrogens with zero attached hydrogens (tertiary/aromatic N) is 5. The van der Waals surface area contributed by atoms with E-state index in [1.807, 2.05) is 39.3 Å². The first-order valence-corrected chi connectivity index (χ1v) is 10.3. The van der Waals surface area contributed by atoms with Crippen LogP contribution in [0.5, 0.6) is 0 Å². The molecule has 1 N–H and O–H groups in total. The van der Waals surface area contributed by atoms with Crippen LogP contribution in [-0.4, -0.2) is 30.5 Å². The standard InChI is InChI=1S/C23H25FN6O/c1-6-29-16(5)20(12-25-29)14(3)27-23(31)19-11-13(2)26-22-21(19)15(4)28-30(22)18-9-7-17(24)8-10-18/h7-12,14H,6H2,1-5H3,(H,27,31)/t14-/m1/s1. The number of carbonyl (C=O) groups excluding carboxylic acids is 1. The van der Waals surface area contributed by atoms with Crippen molar-refractivity contribution in [1.29, 1.82) is 0 Å². The molecule has 0 fully saturated rings. The van der Waals surface area contributed by atoms with E-state index in [9.17, 15) is 9.18 Å². The lowest BCUT2D eigenvalue weighted by atomic mass is 10.1. The summed E-state index contributed by atoms with van der Waals surface area (Å²) in [5, 5.41) is 12.7. The van der Waals surface area contributed by atoms with Crippen molar-refractivity contribution >= 4 is 16.9 Å². The molecule has 0 saturated carbocycles. The summed E-state index contributed by atoms with van der Waals surface area (Å²) in [6.07, 6.45) is 1.80. The summed E-state index contributed by atoms with van der Waals surface area (Å²) in [5.74, 6) is -0.523. The lowest BCUT2D eigenvalue weighted by Crippen LogP contribution is -2.27. The van der Waals surface area contributed by atoms with Crippen molar-refractivity contribution in [2.75, 3.05) is 0 Å². The molecule has 1 atom stereocenters. The second kappa shape index (κ2) is 7.94. The third-order valence-corrected chi connectivity index (χ3v) is 5.51. The summed E-state index contributed by atoms with van der Waals surface area (Å²) in [6, 6.07) is 7.60. The number of hydrogen-bond donors (Lipinski definition) is 1. The van der Waals surface area contributed by atoms with Crippen LogP contribution in [0.3, 0.4) is 0 Å². The monoisotopic (exact) mass is 420 g/mol. The molecule has 0 radical (unpaired) electrons. The normalized spacial score (nSPS) is 12.3. The van der Waals surface area contributed by atoms with Crippen LogP contribution in [0, 0.1) is 26.6 Å². The van der Waals surface area contributed by atoms with Crippen molar-refractivity contribution in [2.24, 2.45) is 0 Å². The zero-order chi connectivity index (χ0) is 22.3. The predicted octanol–water partition coefficient (Wildman–Crippen LogP) is 4.19. The summed E-state index contributed by atoms with van der Waals surface area (Å²) in [6.45, 7) is 10.4. The maximum Gasteiger partial charge on any atom is 0.252 e. The molecule has 0 unspecified atom stereocenters. The minimum absolute atomic E-state index is 0.201. The lowest BCUT2D eigenvalue weighted by molar-refractivity contribution is 0.0941. The van der Waals surface area contributed by atoms with E-state index in [0.29, 0.717) is 33.7 Å². The summed E-state index contributed by atoms with van der Waals surface area (Å²) < 4.78 is 16.9. The number of fused-ring (bicyclic) bond motifs is 1. The third-order valence-electron chi connectivity index (χ3n) is 5.51. The quantitative estimate of drug-likeness (QED) is 0.525. The summed E-state index contributed by atoms with van der Waals surface area (Å²) in [5.41, 5.74) is 5.16. The summed E-state index contributed by atoms with van der Waals surface area (Å²) in [4.78, 5) is 17.9. The van der Waals surface area contributed by atoms with Gasteiger partial charge in [-0.2, -0.15) is 10.2 Å². The van der Waals surface area contributed by atoms with Crippen molar-refractivity contribution in [2.45, 2.75) is 47.2 Å². The molecular formula is C23H25FN6O. The molecule has 0 spiro atoms. The molecule has 160 valence electrons. The Hall–Kier alpha value is -3.55. The van der Waals surface area contributed by atoms with Gasteiger partial charge in [0.1, 0.15) is 5.82 Å². The Balaban J connectivity index is 1.74. The Labute approximate surface area is 179 Å². The fourth-order valence-electron chi connectivity index (χ4n) is 3.91.